The standard InChI is InChI=1S/C23H22Cl2FNO4S/c24-16-7-17(25)9-19(8-16)32(30,31)27-11-15-5-18(27)4-13(15)3-14-6-22(26)21(23(28)29)10-20(14)12-1-2-12/h6-10,12-13,15,18H,1-5,11H2,(H,28,29)/t13?,15-,18+/m1/s1. The van der Waals surface area contributed by atoms with Crippen LogP contribution in [0.2, 0.25) is 10.0 Å². The average Bonchev–Trinajstić information content (AvgIpc) is 3.35. The van der Waals surface area contributed by atoms with Gasteiger partial charge in [-0.05, 0) is 91.3 Å². The van der Waals surface area contributed by atoms with Gasteiger partial charge in [0.1, 0.15) is 5.82 Å². The molecule has 1 unspecified atom stereocenters. The first-order chi connectivity index (χ1) is 15.1. The minimum Gasteiger partial charge on any atom is -0.478 e. The number of hydrogen-bond acceptors (Lipinski definition) is 3. The number of fused-ring (bicyclic) bond motifs is 2. The summed E-state index contributed by atoms with van der Waals surface area (Å²) in [5.74, 6) is -1.24. The number of sulfonamides is 1. The van der Waals surface area contributed by atoms with E-state index < -0.39 is 21.8 Å². The molecule has 2 saturated carbocycles. The SMILES string of the molecule is O=C(O)c1cc(C2CC2)c(CC2C[C@H]3C[C@@H]2CN3S(=O)(=O)c2cc(Cl)cc(Cl)c2)cc1F. The molecule has 2 aromatic rings. The normalized spacial score (nSPS) is 25.4. The second-order valence-electron chi connectivity index (χ2n) is 9.14. The van der Waals surface area contributed by atoms with Crippen molar-refractivity contribution in [2.24, 2.45) is 11.8 Å². The van der Waals surface area contributed by atoms with E-state index >= 15 is 0 Å². The average molecular weight is 498 g/mol. The van der Waals surface area contributed by atoms with Crippen LogP contribution in [-0.4, -0.2) is 36.4 Å². The van der Waals surface area contributed by atoms with E-state index in [1.165, 1.54) is 30.3 Å². The van der Waals surface area contributed by atoms with Crippen LogP contribution in [0, 0.1) is 17.7 Å². The fraction of sp³-hybridized carbons (Fsp3) is 0.435. The van der Waals surface area contributed by atoms with Crippen molar-refractivity contribution in [3.63, 3.8) is 0 Å². The van der Waals surface area contributed by atoms with Gasteiger partial charge in [0.15, 0.2) is 0 Å². The molecule has 1 N–H and O–H groups in total. The van der Waals surface area contributed by atoms with Crippen molar-refractivity contribution >= 4 is 39.2 Å². The molecule has 2 aliphatic carbocycles. The molecule has 0 radical (unpaired) electrons. The van der Waals surface area contributed by atoms with Gasteiger partial charge in [-0.2, -0.15) is 4.31 Å². The molecule has 3 atom stereocenters. The van der Waals surface area contributed by atoms with Gasteiger partial charge in [-0.15, -0.1) is 0 Å². The van der Waals surface area contributed by atoms with E-state index in [0.717, 1.165) is 30.4 Å². The fourth-order valence-corrected chi connectivity index (χ4v) is 7.84. The molecule has 3 fully saturated rings. The lowest BCUT2D eigenvalue weighted by atomic mass is 9.85. The molecule has 5 nitrogen and oxygen atoms in total. The van der Waals surface area contributed by atoms with Crippen LogP contribution in [0.5, 0.6) is 0 Å². The Labute approximate surface area is 196 Å². The predicted octanol–water partition coefficient (Wildman–Crippen LogP) is 5.35. The van der Waals surface area contributed by atoms with E-state index in [1.54, 1.807) is 4.31 Å². The van der Waals surface area contributed by atoms with Crippen LogP contribution in [0.25, 0.3) is 0 Å². The minimum absolute atomic E-state index is 0.0986. The third kappa shape index (κ3) is 3.94. The highest BCUT2D eigenvalue weighted by molar-refractivity contribution is 7.89. The Hall–Kier alpha value is -1.67. The van der Waals surface area contributed by atoms with Crippen molar-refractivity contribution in [2.45, 2.75) is 49.0 Å². The number of halogens is 3. The maximum absolute atomic E-state index is 14.4. The summed E-state index contributed by atoms with van der Waals surface area (Å²) in [6, 6.07) is 7.10. The number of aromatic carboxylic acids is 1. The molecule has 0 aromatic heterocycles. The van der Waals surface area contributed by atoms with Gasteiger partial charge in [-0.1, -0.05) is 23.2 Å². The van der Waals surface area contributed by atoms with Crippen molar-refractivity contribution in [1.29, 1.82) is 0 Å². The quantitative estimate of drug-likeness (QED) is 0.583. The summed E-state index contributed by atoms with van der Waals surface area (Å²) in [7, 11) is -3.71. The van der Waals surface area contributed by atoms with Crippen LogP contribution >= 0.6 is 23.2 Å². The van der Waals surface area contributed by atoms with E-state index in [-0.39, 0.29) is 38.4 Å². The van der Waals surface area contributed by atoms with Crippen LogP contribution in [-0.2, 0) is 16.4 Å². The highest BCUT2D eigenvalue weighted by Gasteiger charge is 2.49. The summed E-state index contributed by atoms with van der Waals surface area (Å²) < 4.78 is 42.3. The smallest absolute Gasteiger partial charge is 0.338 e. The van der Waals surface area contributed by atoms with Crippen molar-refractivity contribution < 1.29 is 22.7 Å². The van der Waals surface area contributed by atoms with Gasteiger partial charge in [0, 0.05) is 22.6 Å². The summed E-state index contributed by atoms with van der Waals surface area (Å²) in [6.45, 7) is 0.413. The third-order valence-electron chi connectivity index (χ3n) is 7.04. The molecule has 2 bridgehead atoms. The van der Waals surface area contributed by atoms with Gasteiger partial charge in [0.05, 0.1) is 10.5 Å². The monoisotopic (exact) mass is 497 g/mol. The summed E-state index contributed by atoms with van der Waals surface area (Å²) >= 11 is 12.0. The predicted molar refractivity (Wildman–Crippen MR) is 119 cm³/mol. The molecule has 170 valence electrons. The third-order valence-corrected chi connectivity index (χ3v) is 9.37. The second kappa shape index (κ2) is 7.97. The van der Waals surface area contributed by atoms with Crippen LogP contribution in [0.3, 0.4) is 0 Å². The summed E-state index contributed by atoms with van der Waals surface area (Å²) in [5.41, 5.74) is 1.52. The maximum Gasteiger partial charge on any atom is 0.338 e. The second-order valence-corrected chi connectivity index (χ2v) is 11.9. The number of benzene rings is 2. The minimum atomic E-state index is -3.71. The summed E-state index contributed by atoms with van der Waals surface area (Å²) in [5, 5.41) is 9.82. The van der Waals surface area contributed by atoms with Crippen LogP contribution in [0.1, 0.15) is 53.1 Å². The lowest BCUT2D eigenvalue weighted by molar-refractivity contribution is 0.0691. The molecule has 2 aromatic carbocycles. The number of rotatable bonds is 6. The Morgan fingerprint density at radius 1 is 1.09 bits per heavy atom. The fourth-order valence-electron chi connectivity index (χ4n) is 5.40. The molecular weight excluding hydrogens is 476 g/mol. The van der Waals surface area contributed by atoms with Gasteiger partial charge >= 0.3 is 5.97 Å². The zero-order valence-corrected chi connectivity index (χ0v) is 19.4. The van der Waals surface area contributed by atoms with E-state index in [4.69, 9.17) is 23.2 Å². The van der Waals surface area contributed by atoms with Crippen molar-refractivity contribution in [2.75, 3.05) is 6.54 Å². The van der Waals surface area contributed by atoms with Gasteiger partial charge in [-0.25, -0.2) is 17.6 Å². The highest BCUT2D eigenvalue weighted by atomic mass is 35.5. The molecule has 1 aliphatic heterocycles. The molecule has 5 rings (SSSR count). The highest BCUT2D eigenvalue weighted by Crippen LogP contribution is 2.48. The molecule has 9 heteroatoms. The maximum atomic E-state index is 14.4. The van der Waals surface area contributed by atoms with E-state index in [1.807, 2.05) is 0 Å². The molecular formula is C23H22Cl2FNO4S. The topological polar surface area (TPSA) is 74.7 Å². The molecule has 1 saturated heterocycles. The van der Waals surface area contributed by atoms with Gasteiger partial charge in [0.25, 0.3) is 0 Å². The first-order valence-corrected chi connectivity index (χ1v) is 12.9. The molecule has 0 amide bonds. The summed E-state index contributed by atoms with van der Waals surface area (Å²) in [4.78, 5) is 11.4. The Bertz CT molecular complexity index is 1190. The number of nitrogens with zero attached hydrogens (tertiary/aromatic N) is 1. The first kappa shape index (κ1) is 22.1. The zero-order chi connectivity index (χ0) is 22.8. The van der Waals surface area contributed by atoms with Crippen molar-refractivity contribution in [3.05, 3.63) is 62.9 Å². The zero-order valence-electron chi connectivity index (χ0n) is 17.1. The number of carboxylic acid groups (broad SMARTS) is 1. The number of carboxylic acids is 1. The number of hydrogen-bond donors (Lipinski definition) is 1. The van der Waals surface area contributed by atoms with Crippen LogP contribution in [0.15, 0.2) is 35.2 Å². The summed E-state index contributed by atoms with van der Waals surface area (Å²) in [6.07, 6.45) is 4.09. The lowest BCUT2D eigenvalue weighted by Crippen LogP contribution is -2.40. The Morgan fingerprint density at radius 3 is 2.34 bits per heavy atom. The number of piperidine rings is 1. The van der Waals surface area contributed by atoms with Gasteiger partial charge in [0.2, 0.25) is 10.0 Å². The Morgan fingerprint density at radius 2 is 1.78 bits per heavy atom. The molecule has 1 heterocycles. The number of carbonyl (C=O) groups is 1. The Kier molecular flexibility index (Phi) is 5.52. The van der Waals surface area contributed by atoms with Crippen molar-refractivity contribution in [1.82, 2.24) is 4.31 Å². The van der Waals surface area contributed by atoms with E-state index in [9.17, 15) is 22.7 Å². The van der Waals surface area contributed by atoms with Crippen LogP contribution < -0.4 is 0 Å². The van der Waals surface area contributed by atoms with E-state index in [2.05, 4.69) is 0 Å². The molecule has 32 heavy (non-hydrogen) atoms. The molecule has 0 spiro atoms. The van der Waals surface area contributed by atoms with E-state index in [0.29, 0.717) is 25.3 Å². The van der Waals surface area contributed by atoms with Gasteiger partial charge < -0.3 is 5.11 Å². The Balaban J connectivity index is 1.36. The first-order valence-electron chi connectivity index (χ1n) is 10.7. The van der Waals surface area contributed by atoms with Gasteiger partial charge in [-0.3, -0.25) is 0 Å². The van der Waals surface area contributed by atoms with Crippen LogP contribution in [0.4, 0.5) is 4.39 Å². The molecule has 3 aliphatic rings. The lowest BCUT2D eigenvalue weighted by Gasteiger charge is -2.31. The largest absolute Gasteiger partial charge is 0.478 e. The van der Waals surface area contributed by atoms with Crippen molar-refractivity contribution in [3.8, 4) is 0 Å².